The van der Waals surface area contributed by atoms with E-state index in [-0.39, 0.29) is 25.7 Å². The second-order valence-electron chi connectivity index (χ2n) is 31.8. The van der Waals surface area contributed by atoms with Gasteiger partial charge in [-0.25, -0.2) is 9.13 Å². The van der Waals surface area contributed by atoms with Crippen molar-refractivity contribution >= 4 is 39.5 Å². The molecule has 0 heterocycles. The molecule has 17 nitrogen and oxygen atoms in total. The summed E-state index contributed by atoms with van der Waals surface area (Å²) in [4.78, 5) is 73.1. The fourth-order valence-corrected chi connectivity index (χ4v) is 14.4. The Morgan fingerprint density at radius 3 is 0.608 bits per heavy atom. The predicted octanol–water partition coefficient (Wildman–Crippen LogP) is 24.8. The Hall–Kier alpha value is -1.94. The molecule has 0 aromatic rings. The van der Waals surface area contributed by atoms with Crippen LogP contribution in [0, 0.1) is 23.7 Å². The Morgan fingerprint density at radius 2 is 0.412 bits per heavy atom. The highest BCUT2D eigenvalue weighted by Gasteiger charge is 2.30. The van der Waals surface area contributed by atoms with E-state index in [0.29, 0.717) is 31.6 Å². The molecule has 606 valence electrons. The van der Waals surface area contributed by atoms with Gasteiger partial charge in [-0.3, -0.25) is 37.3 Å². The van der Waals surface area contributed by atoms with Gasteiger partial charge in [0.2, 0.25) is 0 Å². The highest BCUT2D eigenvalue weighted by atomic mass is 31.2. The lowest BCUT2D eigenvalue weighted by molar-refractivity contribution is -0.161. The van der Waals surface area contributed by atoms with Crippen LogP contribution in [0.2, 0.25) is 0 Å². The van der Waals surface area contributed by atoms with E-state index in [2.05, 4.69) is 55.4 Å². The Balaban J connectivity index is 5.24. The number of aliphatic hydroxyl groups excluding tert-OH is 1. The van der Waals surface area contributed by atoms with Crippen LogP contribution < -0.4 is 0 Å². The third-order valence-electron chi connectivity index (χ3n) is 19.3. The second-order valence-corrected chi connectivity index (χ2v) is 34.7. The number of unbranched alkanes of at least 4 members (excludes halogenated alkanes) is 46. The van der Waals surface area contributed by atoms with Gasteiger partial charge in [0.1, 0.15) is 19.3 Å². The molecule has 0 radical (unpaired) electrons. The van der Waals surface area contributed by atoms with Crippen LogP contribution in [0.1, 0.15) is 428 Å². The molecule has 0 saturated carbocycles. The summed E-state index contributed by atoms with van der Waals surface area (Å²) in [5, 5.41) is 10.7. The summed E-state index contributed by atoms with van der Waals surface area (Å²) < 4.78 is 68.8. The van der Waals surface area contributed by atoms with Crippen molar-refractivity contribution in [3.05, 3.63) is 0 Å². The summed E-state index contributed by atoms with van der Waals surface area (Å²) in [6, 6.07) is 0. The highest BCUT2D eigenvalue weighted by molar-refractivity contribution is 7.47. The van der Waals surface area contributed by atoms with E-state index >= 15 is 0 Å². The van der Waals surface area contributed by atoms with E-state index in [1.807, 2.05) is 0 Å². The standard InChI is InChI=1S/C83H162O17P2/c1-73(2)59-51-43-35-28-22-16-11-9-13-19-26-32-40-49-57-65-82(87)99-78(69-93-80(85)63-55-47-39-31-25-21-15-18-24-30-37-45-53-61-75(5)6)71-97-101(89,90)95-67-77(84)68-96-102(91,92)98-72-79(70-94-81(86)64-56-48-42-34-38-46-54-62-76(7)8)100-83(88)66-58-50-41-33-27-20-14-10-12-17-23-29-36-44-52-60-74(3)4/h73-79,84H,9-72H2,1-8H3,(H,89,90)(H,91,92)/t77?,78-,79-/m1/s1. The molecule has 3 N–H and O–H groups in total. The summed E-state index contributed by atoms with van der Waals surface area (Å²) in [6.07, 6.45) is 59.7. The van der Waals surface area contributed by atoms with Crippen molar-refractivity contribution < 1.29 is 80.2 Å². The fourth-order valence-electron chi connectivity index (χ4n) is 12.8. The van der Waals surface area contributed by atoms with Gasteiger partial charge < -0.3 is 33.8 Å². The molecular formula is C83H162O17P2. The largest absolute Gasteiger partial charge is 0.472 e. The normalized spacial score (nSPS) is 14.0. The maximum Gasteiger partial charge on any atom is 0.472 e. The number of carbonyl (C=O) groups excluding carboxylic acids is 4. The van der Waals surface area contributed by atoms with Crippen LogP contribution in [0.5, 0.6) is 0 Å². The molecule has 0 saturated heterocycles. The van der Waals surface area contributed by atoms with Gasteiger partial charge in [0, 0.05) is 25.7 Å². The minimum Gasteiger partial charge on any atom is -0.462 e. The molecule has 0 bridgehead atoms. The summed E-state index contributed by atoms with van der Waals surface area (Å²) in [6.45, 7) is 14.3. The van der Waals surface area contributed by atoms with Crippen molar-refractivity contribution in [2.45, 2.75) is 446 Å². The minimum atomic E-state index is -4.96. The first-order chi connectivity index (χ1) is 49.1. The first-order valence-corrected chi connectivity index (χ1v) is 45.7. The van der Waals surface area contributed by atoms with Crippen LogP contribution >= 0.6 is 15.6 Å². The smallest absolute Gasteiger partial charge is 0.462 e. The Morgan fingerprint density at radius 1 is 0.245 bits per heavy atom. The van der Waals surface area contributed by atoms with E-state index in [4.69, 9.17) is 37.0 Å². The quantitative estimate of drug-likeness (QED) is 0.0222. The molecule has 0 aliphatic rings. The van der Waals surface area contributed by atoms with E-state index in [0.717, 1.165) is 114 Å². The summed E-state index contributed by atoms with van der Waals surface area (Å²) >= 11 is 0. The second kappa shape index (κ2) is 72.0. The molecule has 0 spiro atoms. The Labute approximate surface area is 626 Å². The summed E-state index contributed by atoms with van der Waals surface area (Å²) in [7, 11) is -9.93. The van der Waals surface area contributed by atoms with Crippen LogP contribution in [0.4, 0.5) is 0 Å². The van der Waals surface area contributed by atoms with Crippen LogP contribution in [-0.4, -0.2) is 96.7 Å². The predicted molar refractivity (Wildman–Crippen MR) is 418 cm³/mol. The van der Waals surface area contributed by atoms with Crippen molar-refractivity contribution in [3.8, 4) is 0 Å². The van der Waals surface area contributed by atoms with Crippen molar-refractivity contribution in [1.82, 2.24) is 0 Å². The van der Waals surface area contributed by atoms with E-state index in [9.17, 15) is 43.2 Å². The van der Waals surface area contributed by atoms with Gasteiger partial charge in [0.25, 0.3) is 0 Å². The van der Waals surface area contributed by atoms with Crippen molar-refractivity contribution in [1.29, 1.82) is 0 Å². The molecule has 0 rings (SSSR count). The number of phosphoric ester groups is 2. The van der Waals surface area contributed by atoms with E-state index in [1.165, 1.54) is 225 Å². The number of esters is 4. The molecule has 0 amide bonds. The van der Waals surface area contributed by atoms with Gasteiger partial charge in [0.05, 0.1) is 26.4 Å². The van der Waals surface area contributed by atoms with Gasteiger partial charge in [-0.05, 0) is 49.4 Å². The average molecular weight is 1490 g/mol. The number of aliphatic hydroxyl groups is 1. The summed E-state index contributed by atoms with van der Waals surface area (Å²) in [5.74, 6) is 0.990. The number of phosphoric acid groups is 2. The summed E-state index contributed by atoms with van der Waals surface area (Å²) in [5.41, 5.74) is 0. The van der Waals surface area contributed by atoms with E-state index < -0.39 is 97.5 Å². The Kier molecular flexibility index (Phi) is 70.6. The molecular weight excluding hydrogens is 1330 g/mol. The number of hydrogen-bond donors (Lipinski definition) is 3. The van der Waals surface area contributed by atoms with Crippen LogP contribution in [-0.2, 0) is 65.4 Å². The lowest BCUT2D eigenvalue weighted by Crippen LogP contribution is -2.30. The number of rotatable bonds is 80. The molecule has 0 aromatic carbocycles. The fraction of sp³-hybridized carbons (Fsp3) is 0.952. The maximum absolute atomic E-state index is 13.1. The molecule has 19 heteroatoms. The Bertz CT molecular complexity index is 1990. The van der Waals surface area contributed by atoms with Crippen LogP contribution in [0.15, 0.2) is 0 Å². The van der Waals surface area contributed by atoms with Crippen LogP contribution in [0.25, 0.3) is 0 Å². The van der Waals surface area contributed by atoms with Gasteiger partial charge in [-0.1, -0.05) is 376 Å². The maximum atomic E-state index is 13.1. The third kappa shape index (κ3) is 76.3. The zero-order chi connectivity index (χ0) is 75.3. The highest BCUT2D eigenvalue weighted by Crippen LogP contribution is 2.45. The lowest BCUT2D eigenvalue weighted by Gasteiger charge is -2.21. The number of ether oxygens (including phenoxy) is 4. The average Bonchev–Trinajstić information content (AvgIpc) is 0.956. The monoisotopic (exact) mass is 1490 g/mol. The van der Waals surface area contributed by atoms with Gasteiger partial charge in [0.15, 0.2) is 12.2 Å². The molecule has 0 aliphatic heterocycles. The van der Waals surface area contributed by atoms with Gasteiger partial charge in [-0.15, -0.1) is 0 Å². The molecule has 5 atom stereocenters. The molecule has 0 fully saturated rings. The number of hydrogen-bond acceptors (Lipinski definition) is 15. The van der Waals surface area contributed by atoms with Gasteiger partial charge in [-0.2, -0.15) is 0 Å². The van der Waals surface area contributed by atoms with Gasteiger partial charge >= 0.3 is 39.5 Å². The van der Waals surface area contributed by atoms with Crippen LogP contribution in [0.3, 0.4) is 0 Å². The van der Waals surface area contributed by atoms with Crippen molar-refractivity contribution in [2.24, 2.45) is 23.7 Å². The van der Waals surface area contributed by atoms with Crippen molar-refractivity contribution in [3.63, 3.8) is 0 Å². The number of carbonyl (C=O) groups is 4. The first kappa shape index (κ1) is 100. The molecule has 0 aromatic heterocycles. The third-order valence-corrected chi connectivity index (χ3v) is 21.2. The zero-order valence-electron chi connectivity index (χ0n) is 67.2. The van der Waals surface area contributed by atoms with E-state index in [1.54, 1.807) is 0 Å². The first-order valence-electron chi connectivity index (χ1n) is 42.7. The topological polar surface area (TPSA) is 237 Å². The zero-order valence-corrected chi connectivity index (χ0v) is 69.0. The molecule has 102 heavy (non-hydrogen) atoms. The minimum absolute atomic E-state index is 0.107. The lowest BCUT2D eigenvalue weighted by atomic mass is 10.0. The molecule has 0 aliphatic carbocycles. The SMILES string of the molecule is CC(C)CCCCCCCCCCCCCCCCCC(=O)O[C@H](COC(=O)CCCCCCCCCCCCCCCC(C)C)COP(=O)(O)OCC(O)COP(=O)(O)OC[C@@H](COC(=O)CCCCCCCCCC(C)C)OC(=O)CCCCCCCCCCCCCCCCCC(C)C. The molecule has 3 unspecified atom stereocenters. The van der Waals surface area contributed by atoms with Crippen molar-refractivity contribution in [2.75, 3.05) is 39.6 Å².